The van der Waals surface area contributed by atoms with Gasteiger partial charge in [-0.3, -0.25) is 4.68 Å². The average Bonchev–Trinajstić information content (AvgIpc) is 3.06. The van der Waals surface area contributed by atoms with Crippen LogP contribution in [-0.4, -0.2) is 22.6 Å². The molecule has 2 amide bonds. The predicted octanol–water partition coefficient (Wildman–Crippen LogP) is 3.45. The van der Waals surface area contributed by atoms with E-state index in [2.05, 4.69) is 29.6 Å². The number of carbonyl (C=O) groups excluding carboxylic acids is 1. The average molecular weight is 316 g/mol. The molecule has 1 aromatic carbocycles. The normalized spacial score (nSPS) is 12.6. The zero-order chi connectivity index (χ0) is 16.6. The summed E-state index contributed by atoms with van der Waals surface area (Å²) in [5.74, 6) is 1.31. The first-order valence-electron chi connectivity index (χ1n) is 7.49. The number of nitrogens with one attached hydrogen (secondary N) is 2. The molecule has 0 fully saturated rings. The Bertz CT molecular complexity index is 752. The van der Waals surface area contributed by atoms with Gasteiger partial charge >= 0.3 is 6.03 Å². The maximum absolute atomic E-state index is 12.2. The molecule has 0 spiro atoms. The van der Waals surface area contributed by atoms with Crippen molar-refractivity contribution in [3.8, 4) is 11.5 Å². The third kappa shape index (κ3) is 2.94. The molecule has 3 rings (SSSR count). The van der Waals surface area contributed by atoms with Crippen LogP contribution in [-0.2, 0) is 0 Å². The smallest absolute Gasteiger partial charge is 0.323 e. The maximum Gasteiger partial charge on any atom is 0.323 e. The van der Waals surface area contributed by atoms with E-state index < -0.39 is 0 Å². The second-order valence-electron chi connectivity index (χ2n) is 5.73. The molecule has 0 saturated carbocycles. The molecule has 1 aromatic heterocycles. The molecule has 0 atom stereocenters. The number of amides is 2. The van der Waals surface area contributed by atoms with E-state index in [9.17, 15) is 4.79 Å². The van der Waals surface area contributed by atoms with E-state index in [4.69, 9.17) is 9.47 Å². The van der Waals surface area contributed by atoms with Gasteiger partial charge in [-0.1, -0.05) is 0 Å². The predicted molar refractivity (Wildman–Crippen MR) is 87.3 cm³/mol. The van der Waals surface area contributed by atoms with Crippen molar-refractivity contribution in [2.24, 2.45) is 0 Å². The van der Waals surface area contributed by atoms with Crippen LogP contribution in [0.1, 0.15) is 31.3 Å². The number of benzene rings is 1. The highest BCUT2D eigenvalue weighted by molar-refractivity contribution is 6.00. The Kier molecular flexibility index (Phi) is 3.85. The lowest BCUT2D eigenvalue weighted by Gasteiger charge is -2.10. The molecule has 2 aromatic rings. The molecule has 0 saturated heterocycles. The third-order valence-corrected chi connectivity index (χ3v) is 3.68. The van der Waals surface area contributed by atoms with Gasteiger partial charge in [-0.05, 0) is 39.8 Å². The van der Waals surface area contributed by atoms with Crippen LogP contribution in [0, 0.1) is 13.8 Å². The molecule has 2 N–H and O–H groups in total. The summed E-state index contributed by atoms with van der Waals surface area (Å²) in [7, 11) is 0. The lowest BCUT2D eigenvalue weighted by Crippen LogP contribution is -2.20. The summed E-state index contributed by atoms with van der Waals surface area (Å²) < 4.78 is 12.4. The highest BCUT2D eigenvalue weighted by Crippen LogP contribution is 2.34. The van der Waals surface area contributed by atoms with Gasteiger partial charge in [0.15, 0.2) is 11.5 Å². The minimum absolute atomic E-state index is 0.206. The quantitative estimate of drug-likeness (QED) is 0.909. The fourth-order valence-corrected chi connectivity index (χ4v) is 2.60. The Morgan fingerprint density at radius 2 is 1.96 bits per heavy atom. The number of nitrogens with zero attached hydrogens (tertiary/aromatic N) is 2. The van der Waals surface area contributed by atoms with E-state index in [-0.39, 0.29) is 18.9 Å². The molecule has 0 radical (unpaired) electrons. The van der Waals surface area contributed by atoms with Gasteiger partial charge in [0, 0.05) is 17.8 Å². The minimum Gasteiger partial charge on any atom is -0.454 e. The van der Waals surface area contributed by atoms with E-state index in [1.54, 1.807) is 18.2 Å². The summed E-state index contributed by atoms with van der Waals surface area (Å²) in [4.78, 5) is 12.2. The molecule has 2 heterocycles. The van der Waals surface area contributed by atoms with Crippen molar-refractivity contribution in [2.75, 3.05) is 17.4 Å². The Hall–Kier alpha value is -2.70. The monoisotopic (exact) mass is 316 g/mol. The second-order valence-corrected chi connectivity index (χ2v) is 5.73. The summed E-state index contributed by atoms with van der Waals surface area (Å²) in [5.41, 5.74) is 3.09. The van der Waals surface area contributed by atoms with Gasteiger partial charge in [0.1, 0.15) is 0 Å². The number of anilines is 2. The van der Waals surface area contributed by atoms with Gasteiger partial charge < -0.3 is 20.1 Å². The van der Waals surface area contributed by atoms with E-state index >= 15 is 0 Å². The van der Waals surface area contributed by atoms with Crippen LogP contribution < -0.4 is 20.1 Å². The Balaban J connectivity index is 1.73. The number of rotatable bonds is 3. The zero-order valence-corrected chi connectivity index (χ0v) is 13.6. The molecule has 7 heteroatoms. The van der Waals surface area contributed by atoms with Crippen LogP contribution in [0.25, 0.3) is 0 Å². The van der Waals surface area contributed by atoms with Crippen molar-refractivity contribution in [3.05, 3.63) is 29.6 Å². The van der Waals surface area contributed by atoms with Gasteiger partial charge in [0.25, 0.3) is 0 Å². The number of aromatic nitrogens is 2. The largest absolute Gasteiger partial charge is 0.454 e. The Morgan fingerprint density at radius 3 is 2.65 bits per heavy atom. The number of hydrogen-bond acceptors (Lipinski definition) is 4. The van der Waals surface area contributed by atoms with Gasteiger partial charge in [-0.15, -0.1) is 0 Å². The zero-order valence-electron chi connectivity index (χ0n) is 13.6. The Labute approximate surface area is 134 Å². The van der Waals surface area contributed by atoms with Gasteiger partial charge in [-0.2, -0.15) is 5.10 Å². The summed E-state index contributed by atoms with van der Waals surface area (Å²) >= 11 is 0. The highest BCUT2D eigenvalue weighted by atomic mass is 16.7. The van der Waals surface area contributed by atoms with E-state index in [0.29, 0.717) is 17.2 Å². The third-order valence-electron chi connectivity index (χ3n) is 3.68. The molecular formula is C16H20N4O3. The topological polar surface area (TPSA) is 77.4 Å². The summed E-state index contributed by atoms with van der Waals surface area (Å²) in [6.07, 6.45) is 0. The Morgan fingerprint density at radius 1 is 1.22 bits per heavy atom. The number of carbonyl (C=O) groups is 1. The molecule has 1 aliphatic rings. The first kappa shape index (κ1) is 15.2. The van der Waals surface area contributed by atoms with Crippen molar-refractivity contribution in [3.63, 3.8) is 0 Å². The summed E-state index contributed by atoms with van der Waals surface area (Å²) in [6.45, 7) is 8.13. The molecular weight excluding hydrogens is 296 g/mol. The van der Waals surface area contributed by atoms with Crippen LogP contribution in [0.5, 0.6) is 11.5 Å². The number of hydrogen-bond donors (Lipinski definition) is 2. The first-order valence-corrected chi connectivity index (χ1v) is 7.49. The van der Waals surface area contributed by atoms with Crippen molar-refractivity contribution in [2.45, 2.75) is 33.7 Å². The van der Waals surface area contributed by atoms with Crippen molar-refractivity contribution < 1.29 is 14.3 Å². The van der Waals surface area contributed by atoms with Crippen molar-refractivity contribution >= 4 is 17.4 Å². The van der Waals surface area contributed by atoms with Crippen LogP contribution >= 0.6 is 0 Å². The van der Waals surface area contributed by atoms with Crippen LogP contribution in [0.2, 0.25) is 0 Å². The molecule has 0 aliphatic carbocycles. The number of urea groups is 1. The molecule has 122 valence electrons. The molecule has 0 bridgehead atoms. The van der Waals surface area contributed by atoms with Crippen molar-refractivity contribution in [1.29, 1.82) is 0 Å². The van der Waals surface area contributed by atoms with Gasteiger partial charge in [0.05, 0.1) is 17.1 Å². The van der Waals surface area contributed by atoms with E-state index in [0.717, 1.165) is 17.1 Å². The van der Waals surface area contributed by atoms with Crippen molar-refractivity contribution in [1.82, 2.24) is 9.78 Å². The molecule has 1 aliphatic heterocycles. The number of ether oxygens (including phenoxy) is 2. The lowest BCUT2D eigenvalue weighted by atomic mass is 10.3. The SMILES string of the molecule is Cc1nn(C(C)C)c(C)c1NC(=O)Nc1ccc2c(c1)OCO2. The molecule has 23 heavy (non-hydrogen) atoms. The first-order chi connectivity index (χ1) is 11.0. The fraction of sp³-hybridized carbons (Fsp3) is 0.375. The minimum atomic E-state index is -0.321. The molecule has 7 nitrogen and oxygen atoms in total. The van der Waals surface area contributed by atoms with Crippen LogP contribution in [0.15, 0.2) is 18.2 Å². The fourth-order valence-electron chi connectivity index (χ4n) is 2.60. The second kappa shape index (κ2) is 5.83. The van der Waals surface area contributed by atoms with E-state index in [1.165, 1.54) is 0 Å². The standard InChI is InChI=1S/C16H20N4O3/c1-9(2)20-11(4)15(10(3)19-20)18-16(21)17-12-5-6-13-14(7-12)23-8-22-13/h5-7,9H,8H2,1-4H3,(H2,17,18,21). The molecule has 0 unspecified atom stereocenters. The van der Waals surface area contributed by atoms with Gasteiger partial charge in [-0.25, -0.2) is 4.79 Å². The van der Waals surface area contributed by atoms with E-state index in [1.807, 2.05) is 18.5 Å². The van der Waals surface area contributed by atoms with Gasteiger partial charge in [0.2, 0.25) is 6.79 Å². The highest BCUT2D eigenvalue weighted by Gasteiger charge is 2.17. The summed E-state index contributed by atoms with van der Waals surface area (Å²) in [5, 5.41) is 10.1. The number of aryl methyl sites for hydroxylation is 1. The number of fused-ring (bicyclic) bond motifs is 1. The lowest BCUT2D eigenvalue weighted by molar-refractivity contribution is 0.174. The maximum atomic E-state index is 12.2. The van der Waals surface area contributed by atoms with Crippen LogP contribution in [0.4, 0.5) is 16.2 Å². The van der Waals surface area contributed by atoms with Crippen LogP contribution in [0.3, 0.4) is 0 Å². The summed E-state index contributed by atoms with van der Waals surface area (Å²) in [6, 6.07) is 5.19.